The molecule has 9 heteroatoms. The number of halogens is 1. The van der Waals surface area contributed by atoms with Crippen molar-refractivity contribution < 1.29 is 28.2 Å². The van der Waals surface area contributed by atoms with E-state index in [0.717, 1.165) is 24.8 Å². The van der Waals surface area contributed by atoms with Crippen LogP contribution in [0.3, 0.4) is 0 Å². The number of carbonyl (C=O) groups is 2. The van der Waals surface area contributed by atoms with Gasteiger partial charge in [-0.15, -0.1) is 11.3 Å². The van der Waals surface area contributed by atoms with Gasteiger partial charge in [-0.25, -0.2) is 4.39 Å². The number of benzene rings is 2. The lowest BCUT2D eigenvalue weighted by molar-refractivity contribution is -0.135. The Morgan fingerprint density at radius 3 is 2.74 bits per heavy atom. The van der Waals surface area contributed by atoms with E-state index in [0.29, 0.717) is 36.8 Å². The number of hydrogen-bond acceptors (Lipinski definition) is 6. The fourth-order valence-corrected chi connectivity index (χ4v) is 5.95. The Bertz CT molecular complexity index is 1260. The molecule has 2 aliphatic rings. The summed E-state index contributed by atoms with van der Waals surface area (Å²) in [6.07, 6.45) is 2.39. The van der Waals surface area contributed by atoms with E-state index in [1.165, 1.54) is 34.0 Å². The summed E-state index contributed by atoms with van der Waals surface area (Å²) >= 11 is 1.68. The summed E-state index contributed by atoms with van der Waals surface area (Å²) in [6.45, 7) is 1.68. The molecule has 0 radical (unpaired) electrons. The summed E-state index contributed by atoms with van der Waals surface area (Å²) in [4.78, 5) is 31.8. The smallest absolute Gasteiger partial charge is 0.254 e. The number of carbonyl (C=O) groups excluding carboxylic acids is 2. The van der Waals surface area contributed by atoms with E-state index in [4.69, 9.17) is 14.2 Å². The summed E-state index contributed by atoms with van der Waals surface area (Å²) in [6, 6.07) is 14.6. The Balaban J connectivity index is 1.35. The fourth-order valence-electron chi connectivity index (χ4n) is 5.02. The van der Waals surface area contributed by atoms with Crippen LogP contribution in [-0.4, -0.2) is 67.7 Å². The largest absolute Gasteiger partial charge is 0.497 e. The van der Waals surface area contributed by atoms with Gasteiger partial charge in [0.1, 0.15) is 30.5 Å². The van der Waals surface area contributed by atoms with E-state index >= 15 is 0 Å². The van der Waals surface area contributed by atoms with Gasteiger partial charge >= 0.3 is 0 Å². The number of methoxy groups -OCH3 is 1. The highest BCUT2D eigenvalue weighted by Crippen LogP contribution is 2.34. The maximum Gasteiger partial charge on any atom is 0.254 e. The van der Waals surface area contributed by atoms with Crippen LogP contribution in [0, 0.1) is 5.82 Å². The quantitative estimate of drug-likeness (QED) is 0.394. The monoisotopic (exact) mass is 538 g/mol. The van der Waals surface area contributed by atoms with Gasteiger partial charge in [0.2, 0.25) is 5.91 Å². The van der Waals surface area contributed by atoms with Crippen molar-refractivity contribution in [2.75, 3.05) is 40.0 Å². The highest BCUT2D eigenvalue weighted by Gasteiger charge is 2.34. The Morgan fingerprint density at radius 1 is 1.16 bits per heavy atom. The minimum Gasteiger partial charge on any atom is -0.497 e. The Morgan fingerprint density at radius 2 is 1.97 bits per heavy atom. The minimum absolute atomic E-state index is 0.0921. The third kappa shape index (κ3) is 6.00. The van der Waals surface area contributed by atoms with Gasteiger partial charge < -0.3 is 24.0 Å². The molecule has 0 N–H and O–H groups in total. The SMILES string of the molecule is COc1cccc(OC[C@H]2c3ccsc3CCN2C(=O)CN(C[C@@H]2CCCO2)C(=O)c2ccc(F)cc2)c1. The first-order valence-electron chi connectivity index (χ1n) is 12.8. The summed E-state index contributed by atoms with van der Waals surface area (Å²) in [5, 5.41) is 2.04. The maximum atomic E-state index is 13.8. The zero-order chi connectivity index (χ0) is 26.5. The lowest BCUT2D eigenvalue weighted by Crippen LogP contribution is -2.49. The van der Waals surface area contributed by atoms with E-state index in [-0.39, 0.29) is 37.1 Å². The molecule has 0 aliphatic carbocycles. The first kappa shape index (κ1) is 26.2. The van der Waals surface area contributed by atoms with Crippen molar-refractivity contribution in [3.05, 3.63) is 81.8 Å². The summed E-state index contributed by atoms with van der Waals surface area (Å²) in [7, 11) is 1.61. The Kier molecular flexibility index (Phi) is 8.24. The fraction of sp³-hybridized carbons (Fsp3) is 0.379. The summed E-state index contributed by atoms with van der Waals surface area (Å²) < 4.78 is 30.7. The molecule has 38 heavy (non-hydrogen) atoms. The molecule has 2 aliphatic heterocycles. The van der Waals surface area contributed by atoms with Gasteiger partial charge in [0.05, 0.1) is 19.3 Å². The van der Waals surface area contributed by atoms with E-state index in [2.05, 4.69) is 0 Å². The average Bonchev–Trinajstić information content (AvgIpc) is 3.64. The molecule has 0 bridgehead atoms. The average molecular weight is 539 g/mol. The van der Waals surface area contributed by atoms with Crippen molar-refractivity contribution in [3.8, 4) is 11.5 Å². The van der Waals surface area contributed by atoms with Crippen molar-refractivity contribution in [2.45, 2.75) is 31.4 Å². The normalized spacial score (nSPS) is 18.6. The third-order valence-electron chi connectivity index (χ3n) is 7.02. The third-order valence-corrected chi connectivity index (χ3v) is 8.01. The number of amides is 2. The molecule has 1 aromatic heterocycles. The lowest BCUT2D eigenvalue weighted by Gasteiger charge is -2.37. The second-order valence-corrected chi connectivity index (χ2v) is 10.5. The van der Waals surface area contributed by atoms with Crippen LogP contribution < -0.4 is 9.47 Å². The zero-order valence-corrected chi connectivity index (χ0v) is 22.1. The summed E-state index contributed by atoms with van der Waals surface area (Å²) in [5.74, 6) is 0.466. The molecule has 5 rings (SSSR count). The molecule has 0 unspecified atom stereocenters. The molecule has 7 nitrogen and oxygen atoms in total. The number of nitrogens with zero attached hydrogens (tertiary/aromatic N) is 2. The Labute approximate surface area is 225 Å². The van der Waals surface area contributed by atoms with Gasteiger partial charge in [-0.05, 0) is 72.7 Å². The highest BCUT2D eigenvalue weighted by atomic mass is 32.1. The molecule has 1 saturated heterocycles. The molecule has 2 amide bonds. The van der Waals surface area contributed by atoms with Crippen molar-refractivity contribution in [1.29, 1.82) is 0 Å². The molecule has 3 heterocycles. The summed E-state index contributed by atoms with van der Waals surface area (Å²) in [5.41, 5.74) is 1.42. The van der Waals surface area contributed by atoms with Gasteiger partial charge in [-0.2, -0.15) is 0 Å². The number of rotatable bonds is 9. The molecule has 1 fully saturated rings. The van der Waals surface area contributed by atoms with Crippen molar-refractivity contribution >= 4 is 23.2 Å². The van der Waals surface area contributed by atoms with Crippen LogP contribution in [0.4, 0.5) is 4.39 Å². The standard InChI is InChI=1S/C29H31FN2O5S/c1-35-22-4-2-5-23(16-22)37-19-26-25-12-15-38-27(25)11-13-32(26)28(33)18-31(17-24-6-3-14-36-24)29(34)20-7-9-21(30)10-8-20/h2,4-5,7-10,12,15-16,24,26H,3,6,11,13-14,17-19H2,1H3/t24-,26-/m0/s1. The van der Waals surface area contributed by atoms with Crippen molar-refractivity contribution in [3.63, 3.8) is 0 Å². The van der Waals surface area contributed by atoms with Gasteiger partial charge in [0.15, 0.2) is 0 Å². The number of thiophene rings is 1. The van der Waals surface area contributed by atoms with Crippen LogP contribution in [-0.2, 0) is 16.0 Å². The Hall–Kier alpha value is -3.43. The van der Waals surface area contributed by atoms with Gasteiger partial charge in [0.25, 0.3) is 5.91 Å². The van der Waals surface area contributed by atoms with E-state index < -0.39 is 5.82 Å². The van der Waals surface area contributed by atoms with Crippen LogP contribution in [0.1, 0.15) is 39.7 Å². The van der Waals surface area contributed by atoms with E-state index in [1.807, 2.05) is 40.6 Å². The predicted molar refractivity (Wildman–Crippen MR) is 142 cm³/mol. The molecule has 0 saturated carbocycles. The van der Waals surface area contributed by atoms with Crippen LogP contribution >= 0.6 is 11.3 Å². The predicted octanol–water partition coefficient (Wildman–Crippen LogP) is 4.72. The molecule has 2 aromatic carbocycles. The molecule has 0 spiro atoms. The van der Waals surface area contributed by atoms with E-state index in [9.17, 15) is 14.0 Å². The van der Waals surface area contributed by atoms with Gasteiger partial charge in [-0.1, -0.05) is 6.07 Å². The molecule has 200 valence electrons. The van der Waals surface area contributed by atoms with Gasteiger partial charge in [-0.3, -0.25) is 9.59 Å². The molecular formula is C29H31FN2O5S. The van der Waals surface area contributed by atoms with Crippen LogP contribution in [0.5, 0.6) is 11.5 Å². The second kappa shape index (κ2) is 12.0. The van der Waals surface area contributed by atoms with Crippen LogP contribution in [0.25, 0.3) is 0 Å². The maximum absolute atomic E-state index is 13.8. The molecule has 3 aromatic rings. The first-order valence-corrected chi connectivity index (χ1v) is 13.7. The zero-order valence-electron chi connectivity index (χ0n) is 21.3. The topological polar surface area (TPSA) is 68.3 Å². The first-order chi connectivity index (χ1) is 18.5. The number of ether oxygens (including phenoxy) is 3. The van der Waals surface area contributed by atoms with Crippen molar-refractivity contribution in [2.24, 2.45) is 0 Å². The number of fused-ring (bicyclic) bond motifs is 1. The van der Waals surface area contributed by atoms with Crippen LogP contribution in [0.2, 0.25) is 0 Å². The van der Waals surface area contributed by atoms with Crippen LogP contribution in [0.15, 0.2) is 60.0 Å². The number of hydrogen-bond donors (Lipinski definition) is 0. The van der Waals surface area contributed by atoms with Gasteiger partial charge in [0, 0.05) is 36.2 Å². The lowest BCUT2D eigenvalue weighted by atomic mass is 10.00. The minimum atomic E-state index is -0.415. The molecular weight excluding hydrogens is 507 g/mol. The highest BCUT2D eigenvalue weighted by molar-refractivity contribution is 7.10. The molecule has 2 atom stereocenters. The van der Waals surface area contributed by atoms with Crippen molar-refractivity contribution in [1.82, 2.24) is 9.80 Å². The second-order valence-electron chi connectivity index (χ2n) is 9.47. The van der Waals surface area contributed by atoms with E-state index in [1.54, 1.807) is 18.4 Å².